The maximum atomic E-state index is 13.3. The van der Waals surface area contributed by atoms with Crippen molar-refractivity contribution in [1.29, 1.82) is 0 Å². The zero-order valence-electron chi connectivity index (χ0n) is 16.5. The van der Waals surface area contributed by atoms with E-state index in [4.69, 9.17) is 21.1 Å². The summed E-state index contributed by atoms with van der Waals surface area (Å²) in [5.74, 6) is 0.324. The fraction of sp³-hybridized carbons (Fsp3) is 0.364. The lowest BCUT2D eigenvalue weighted by molar-refractivity contribution is -0.131. The van der Waals surface area contributed by atoms with E-state index >= 15 is 0 Å². The van der Waals surface area contributed by atoms with Crippen LogP contribution in [-0.2, 0) is 34.6 Å². The minimum absolute atomic E-state index is 0.0804. The molecule has 0 aliphatic carbocycles. The summed E-state index contributed by atoms with van der Waals surface area (Å²) < 4.78 is 10.9. The molecule has 152 valence electrons. The van der Waals surface area contributed by atoms with Gasteiger partial charge in [0.05, 0.1) is 13.2 Å². The molecular formula is C22H23ClN2O4. The average Bonchev–Trinajstić information content (AvgIpc) is 2.92. The van der Waals surface area contributed by atoms with Crippen molar-refractivity contribution in [3.8, 4) is 5.75 Å². The van der Waals surface area contributed by atoms with Crippen molar-refractivity contribution >= 4 is 23.5 Å². The van der Waals surface area contributed by atoms with Crippen LogP contribution in [0.4, 0.5) is 4.79 Å². The molecule has 1 fully saturated rings. The highest BCUT2D eigenvalue weighted by atomic mass is 35.5. The molecule has 3 amide bonds. The predicted molar refractivity (Wildman–Crippen MR) is 109 cm³/mol. The Hall–Kier alpha value is -2.57. The Balaban J connectivity index is 1.61. The second-order valence-corrected chi connectivity index (χ2v) is 7.99. The van der Waals surface area contributed by atoms with E-state index in [-0.39, 0.29) is 19.2 Å². The topological polar surface area (TPSA) is 67.9 Å². The lowest BCUT2D eigenvalue weighted by Crippen LogP contribution is -2.40. The van der Waals surface area contributed by atoms with Crippen LogP contribution in [0.25, 0.3) is 0 Å². The van der Waals surface area contributed by atoms with Crippen LogP contribution in [0.1, 0.15) is 42.5 Å². The van der Waals surface area contributed by atoms with Gasteiger partial charge in [0, 0.05) is 16.1 Å². The Morgan fingerprint density at radius 2 is 1.97 bits per heavy atom. The molecule has 4 rings (SSSR count). The molecule has 2 aliphatic heterocycles. The van der Waals surface area contributed by atoms with E-state index in [0.717, 1.165) is 24.0 Å². The number of imide groups is 1. The molecule has 2 aromatic carbocycles. The minimum Gasteiger partial charge on any atom is -0.467 e. The van der Waals surface area contributed by atoms with Crippen LogP contribution in [-0.4, -0.2) is 23.6 Å². The van der Waals surface area contributed by atoms with Crippen LogP contribution in [0.2, 0.25) is 5.02 Å². The van der Waals surface area contributed by atoms with Crippen molar-refractivity contribution in [2.45, 2.75) is 45.4 Å². The third-order valence-electron chi connectivity index (χ3n) is 5.43. The van der Waals surface area contributed by atoms with E-state index in [1.165, 1.54) is 10.5 Å². The van der Waals surface area contributed by atoms with Crippen LogP contribution in [0.5, 0.6) is 5.75 Å². The van der Waals surface area contributed by atoms with E-state index in [9.17, 15) is 9.59 Å². The molecule has 2 aromatic rings. The highest BCUT2D eigenvalue weighted by Gasteiger charge is 2.49. The number of nitrogens with one attached hydrogen (secondary N) is 1. The fourth-order valence-corrected chi connectivity index (χ4v) is 4.14. The molecule has 6 nitrogen and oxygen atoms in total. The molecule has 7 heteroatoms. The largest absolute Gasteiger partial charge is 0.467 e. The number of hydrogen-bond donors (Lipinski definition) is 1. The summed E-state index contributed by atoms with van der Waals surface area (Å²) in [4.78, 5) is 27.2. The van der Waals surface area contributed by atoms with Crippen LogP contribution < -0.4 is 10.1 Å². The second-order valence-electron chi connectivity index (χ2n) is 7.56. The number of urea groups is 1. The summed E-state index contributed by atoms with van der Waals surface area (Å²) in [7, 11) is 0. The molecular weight excluding hydrogens is 392 g/mol. The van der Waals surface area contributed by atoms with Gasteiger partial charge in [-0.1, -0.05) is 49.2 Å². The van der Waals surface area contributed by atoms with Crippen LogP contribution in [0, 0.1) is 0 Å². The normalized spacial score (nSPS) is 21.0. The maximum absolute atomic E-state index is 13.3. The molecule has 1 unspecified atom stereocenters. The van der Waals surface area contributed by atoms with Crippen LogP contribution in [0.15, 0.2) is 36.4 Å². The maximum Gasteiger partial charge on any atom is 0.325 e. The Labute approximate surface area is 174 Å². The molecule has 0 saturated carbocycles. The number of nitrogens with zero attached hydrogens (tertiary/aromatic N) is 1. The van der Waals surface area contributed by atoms with Crippen molar-refractivity contribution < 1.29 is 19.1 Å². The third-order valence-corrected chi connectivity index (χ3v) is 5.64. The number of carbonyl (C=O) groups excluding carboxylic acids is 2. The van der Waals surface area contributed by atoms with E-state index in [1.54, 1.807) is 19.1 Å². The fourth-order valence-electron chi connectivity index (χ4n) is 3.87. The van der Waals surface area contributed by atoms with E-state index in [2.05, 4.69) is 12.2 Å². The van der Waals surface area contributed by atoms with Crippen LogP contribution in [0.3, 0.4) is 0 Å². The van der Waals surface area contributed by atoms with E-state index in [0.29, 0.717) is 22.9 Å². The average molecular weight is 415 g/mol. The van der Waals surface area contributed by atoms with Gasteiger partial charge in [-0.15, -0.1) is 0 Å². The third kappa shape index (κ3) is 3.58. The zero-order chi connectivity index (χ0) is 20.6. The Morgan fingerprint density at radius 3 is 2.69 bits per heavy atom. The molecule has 0 radical (unpaired) electrons. The first-order valence-electron chi connectivity index (χ1n) is 9.67. The van der Waals surface area contributed by atoms with E-state index < -0.39 is 11.6 Å². The quantitative estimate of drug-likeness (QED) is 0.747. The Morgan fingerprint density at radius 1 is 1.21 bits per heavy atom. The van der Waals surface area contributed by atoms with Gasteiger partial charge in [0.25, 0.3) is 5.91 Å². The SMILES string of the molecule is CCCc1ccc(C2(C)NC(=O)N(Cc3cc(Cl)cc4c3OCOC4)C2=O)cc1. The summed E-state index contributed by atoms with van der Waals surface area (Å²) >= 11 is 6.22. The first-order valence-corrected chi connectivity index (χ1v) is 10.1. The van der Waals surface area contributed by atoms with Gasteiger partial charge in [0.15, 0.2) is 6.79 Å². The first-order chi connectivity index (χ1) is 13.9. The molecule has 2 heterocycles. The molecule has 1 N–H and O–H groups in total. The van der Waals surface area contributed by atoms with Gasteiger partial charge in [0.2, 0.25) is 0 Å². The number of aryl methyl sites for hydroxylation is 1. The Bertz CT molecular complexity index is 960. The number of benzene rings is 2. The summed E-state index contributed by atoms with van der Waals surface area (Å²) in [5, 5.41) is 3.36. The molecule has 1 saturated heterocycles. The second kappa shape index (κ2) is 7.69. The summed E-state index contributed by atoms with van der Waals surface area (Å²) in [5.41, 5.74) is 2.35. The molecule has 1 atom stereocenters. The highest BCUT2D eigenvalue weighted by molar-refractivity contribution is 6.30. The number of ether oxygens (including phenoxy) is 2. The van der Waals surface area contributed by atoms with Gasteiger partial charge in [-0.3, -0.25) is 9.69 Å². The predicted octanol–water partition coefficient (Wildman–Crippen LogP) is 4.13. The Kier molecular flexibility index (Phi) is 5.23. The van der Waals surface area contributed by atoms with Gasteiger partial charge in [-0.05, 0) is 36.6 Å². The lowest BCUT2D eigenvalue weighted by Gasteiger charge is -2.24. The van der Waals surface area contributed by atoms with Crippen LogP contribution >= 0.6 is 11.6 Å². The van der Waals surface area contributed by atoms with Gasteiger partial charge < -0.3 is 14.8 Å². The number of hydrogen-bond acceptors (Lipinski definition) is 4. The number of amides is 3. The van der Waals surface area contributed by atoms with Crippen molar-refractivity contribution in [1.82, 2.24) is 10.2 Å². The minimum atomic E-state index is -1.11. The summed E-state index contributed by atoms with van der Waals surface area (Å²) in [6.45, 7) is 4.45. The molecule has 2 aliphatic rings. The first kappa shape index (κ1) is 19.7. The smallest absolute Gasteiger partial charge is 0.325 e. The van der Waals surface area contributed by atoms with Crippen molar-refractivity contribution in [3.05, 3.63) is 63.7 Å². The molecule has 29 heavy (non-hydrogen) atoms. The number of fused-ring (bicyclic) bond motifs is 1. The monoisotopic (exact) mass is 414 g/mol. The number of halogens is 1. The molecule has 0 aromatic heterocycles. The highest BCUT2D eigenvalue weighted by Crippen LogP contribution is 2.35. The zero-order valence-corrected chi connectivity index (χ0v) is 17.2. The lowest BCUT2D eigenvalue weighted by atomic mass is 9.91. The summed E-state index contributed by atoms with van der Waals surface area (Å²) in [6.07, 6.45) is 2.03. The summed E-state index contributed by atoms with van der Waals surface area (Å²) in [6, 6.07) is 10.9. The van der Waals surface area contributed by atoms with Crippen molar-refractivity contribution in [2.24, 2.45) is 0 Å². The van der Waals surface area contributed by atoms with Gasteiger partial charge >= 0.3 is 6.03 Å². The van der Waals surface area contributed by atoms with Crippen molar-refractivity contribution in [2.75, 3.05) is 6.79 Å². The van der Waals surface area contributed by atoms with Gasteiger partial charge in [0.1, 0.15) is 11.3 Å². The number of carbonyl (C=O) groups is 2. The van der Waals surface area contributed by atoms with Gasteiger partial charge in [-0.25, -0.2) is 4.79 Å². The standard InChI is InChI=1S/C22H23ClN2O4/c1-3-4-14-5-7-17(8-6-14)22(2)20(26)25(21(27)24-22)11-15-9-18(23)10-16-12-28-13-29-19(15)16/h5-10H,3-4,11-13H2,1-2H3,(H,24,27). The van der Waals surface area contributed by atoms with E-state index in [1.807, 2.05) is 24.3 Å². The number of rotatable bonds is 5. The molecule has 0 spiro atoms. The van der Waals surface area contributed by atoms with Crippen molar-refractivity contribution in [3.63, 3.8) is 0 Å². The molecule has 0 bridgehead atoms. The van der Waals surface area contributed by atoms with Gasteiger partial charge in [-0.2, -0.15) is 0 Å².